The van der Waals surface area contributed by atoms with Crippen molar-refractivity contribution >= 4 is 36.8 Å². The highest BCUT2D eigenvalue weighted by molar-refractivity contribution is 5.85. The SMILES string of the molecule is COC(=O)CNCCNCC(=O)OC.Cl.Cl.O. The summed E-state index contributed by atoms with van der Waals surface area (Å²) >= 11 is 0. The lowest BCUT2D eigenvalue weighted by Gasteiger charge is -2.04. The third-order valence-electron chi connectivity index (χ3n) is 1.47. The lowest BCUT2D eigenvalue weighted by molar-refractivity contribution is -0.140. The van der Waals surface area contributed by atoms with Crippen LogP contribution in [0.25, 0.3) is 0 Å². The number of carbonyl (C=O) groups is 2. The molecule has 9 heteroatoms. The van der Waals surface area contributed by atoms with Gasteiger partial charge in [0.05, 0.1) is 27.3 Å². The van der Waals surface area contributed by atoms with Gasteiger partial charge in [-0.25, -0.2) is 0 Å². The second kappa shape index (κ2) is 17.8. The van der Waals surface area contributed by atoms with Gasteiger partial charge in [0.2, 0.25) is 0 Å². The van der Waals surface area contributed by atoms with Gasteiger partial charge in [0.15, 0.2) is 0 Å². The quantitative estimate of drug-likeness (QED) is 0.438. The van der Waals surface area contributed by atoms with Crippen molar-refractivity contribution in [2.24, 2.45) is 0 Å². The Morgan fingerprint density at radius 3 is 1.41 bits per heavy atom. The normalized spacial score (nSPS) is 7.88. The summed E-state index contributed by atoms with van der Waals surface area (Å²) in [5, 5.41) is 5.68. The summed E-state index contributed by atoms with van der Waals surface area (Å²) in [6.07, 6.45) is 0. The Kier molecular flexibility index (Phi) is 26.5. The third kappa shape index (κ3) is 18.0. The highest BCUT2D eigenvalue weighted by Crippen LogP contribution is 1.70. The number of esters is 2. The Balaban J connectivity index is -0.000000282. The van der Waals surface area contributed by atoms with E-state index >= 15 is 0 Å². The molecule has 0 saturated carbocycles. The van der Waals surface area contributed by atoms with Gasteiger partial charge in [0.25, 0.3) is 0 Å². The van der Waals surface area contributed by atoms with Crippen LogP contribution in [0.2, 0.25) is 0 Å². The van der Waals surface area contributed by atoms with Gasteiger partial charge in [-0.15, -0.1) is 24.8 Å². The van der Waals surface area contributed by atoms with Crippen LogP contribution in [-0.2, 0) is 19.1 Å². The molecule has 0 aliphatic carbocycles. The van der Waals surface area contributed by atoms with E-state index in [4.69, 9.17) is 0 Å². The predicted molar refractivity (Wildman–Crippen MR) is 67.9 cm³/mol. The fraction of sp³-hybridized carbons (Fsp3) is 0.750. The van der Waals surface area contributed by atoms with Gasteiger partial charge in [-0.05, 0) is 0 Å². The average molecular weight is 295 g/mol. The van der Waals surface area contributed by atoms with Crippen molar-refractivity contribution in [1.82, 2.24) is 10.6 Å². The number of halogens is 2. The van der Waals surface area contributed by atoms with E-state index < -0.39 is 0 Å². The molecule has 0 rings (SSSR count). The van der Waals surface area contributed by atoms with Gasteiger partial charge in [-0.2, -0.15) is 0 Å². The van der Waals surface area contributed by atoms with Crippen molar-refractivity contribution in [1.29, 1.82) is 0 Å². The van der Waals surface area contributed by atoms with Gasteiger partial charge in [0, 0.05) is 13.1 Å². The van der Waals surface area contributed by atoms with E-state index in [0.29, 0.717) is 13.1 Å². The molecule has 0 atom stereocenters. The molecule has 0 saturated heterocycles. The molecule has 0 aromatic rings. The summed E-state index contributed by atoms with van der Waals surface area (Å²) in [6.45, 7) is 1.53. The van der Waals surface area contributed by atoms with Gasteiger partial charge < -0.3 is 25.6 Å². The van der Waals surface area contributed by atoms with Crippen LogP contribution in [0.1, 0.15) is 0 Å². The molecule has 0 spiro atoms. The second-order valence-electron chi connectivity index (χ2n) is 2.51. The van der Waals surface area contributed by atoms with E-state index in [2.05, 4.69) is 20.1 Å². The maximum atomic E-state index is 10.6. The van der Waals surface area contributed by atoms with E-state index in [1.807, 2.05) is 0 Å². The third-order valence-corrected chi connectivity index (χ3v) is 1.47. The number of carbonyl (C=O) groups excluding carboxylic acids is 2. The first-order chi connectivity index (χ1) is 6.70. The molecule has 0 aromatic carbocycles. The minimum atomic E-state index is -0.307. The first kappa shape index (κ1) is 25.3. The smallest absolute Gasteiger partial charge is 0.319 e. The first-order valence-corrected chi connectivity index (χ1v) is 4.25. The fourth-order valence-corrected chi connectivity index (χ4v) is 0.702. The molecular weight excluding hydrogens is 275 g/mol. The van der Waals surface area contributed by atoms with Gasteiger partial charge >= 0.3 is 11.9 Å². The van der Waals surface area contributed by atoms with Crippen molar-refractivity contribution in [2.45, 2.75) is 0 Å². The van der Waals surface area contributed by atoms with E-state index in [1.165, 1.54) is 14.2 Å². The molecule has 0 aliphatic rings. The molecule has 0 aromatic heterocycles. The molecule has 0 aliphatic heterocycles. The Morgan fingerprint density at radius 2 is 1.18 bits per heavy atom. The van der Waals surface area contributed by atoms with Crippen LogP contribution >= 0.6 is 24.8 Å². The zero-order valence-corrected chi connectivity index (χ0v) is 11.4. The molecule has 0 radical (unpaired) electrons. The molecule has 0 bridgehead atoms. The molecular formula is C8H20Cl2N2O5. The van der Waals surface area contributed by atoms with Crippen molar-refractivity contribution in [2.75, 3.05) is 40.4 Å². The number of ether oxygens (including phenoxy) is 2. The molecule has 0 unspecified atom stereocenters. The lowest BCUT2D eigenvalue weighted by Crippen LogP contribution is -2.33. The first-order valence-electron chi connectivity index (χ1n) is 4.25. The summed E-state index contributed by atoms with van der Waals surface area (Å²) in [6, 6.07) is 0. The number of rotatable bonds is 7. The van der Waals surface area contributed by atoms with Crippen LogP contribution in [0, 0.1) is 0 Å². The molecule has 7 nitrogen and oxygen atoms in total. The minimum Gasteiger partial charge on any atom is -0.468 e. The lowest BCUT2D eigenvalue weighted by atomic mass is 10.5. The van der Waals surface area contributed by atoms with Crippen LogP contribution in [0.3, 0.4) is 0 Å². The summed E-state index contributed by atoms with van der Waals surface area (Å²) in [7, 11) is 2.67. The second-order valence-corrected chi connectivity index (χ2v) is 2.51. The summed E-state index contributed by atoms with van der Waals surface area (Å²) in [5.41, 5.74) is 0. The molecule has 17 heavy (non-hydrogen) atoms. The van der Waals surface area contributed by atoms with Crippen molar-refractivity contribution < 1.29 is 24.5 Å². The maximum absolute atomic E-state index is 10.6. The summed E-state index contributed by atoms with van der Waals surface area (Å²) < 4.78 is 8.83. The zero-order chi connectivity index (χ0) is 10.8. The highest BCUT2D eigenvalue weighted by atomic mass is 35.5. The van der Waals surface area contributed by atoms with E-state index in [-0.39, 0.29) is 55.3 Å². The molecule has 4 N–H and O–H groups in total. The summed E-state index contributed by atoms with van der Waals surface area (Å²) in [4.78, 5) is 21.2. The highest BCUT2D eigenvalue weighted by Gasteiger charge is 1.99. The number of nitrogens with one attached hydrogen (secondary N) is 2. The standard InChI is InChI=1S/C8H16N2O4.2ClH.H2O/c1-13-7(11)5-9-3-4-10-6-8(12)14-2;;;/h9-10H,3-6H2,1-2H3;2*1H;1H2. The molecule has 0 amide bonds. The van der Waals surface area contributed by atoms with Crippen LogP contribution in [0.5, 0.6) is 0 Å². The fourth-order valence-electron chi connectivity index (χ4n) is 0.702. The minimum absolute atomic E-state index is 0. The van der Waals surface area contributed by atoms with Gasteiger partial charge in [-0.3, -0.25) is 9.59 Å². The number of hydrogen-bond donors (Lipinski definition) is 2. The maximum Gasteiger partial charge on any atom is 0.319 e. The zero-order valence-electron chi connectivity index (χ0n) is 9.78. The Bertz CT molecular complexity index is 175. The van der Waals surface area contributed by atoms with Crippen LogP contribution < -0.4 is 10.6 Å². The van der Waals surface area contributed by atoms with Gasteiger partial charge in [0.1, 0.15) is 0 Å². The van der Waals surface area contributed by atoms with E-state index in [1.54, 1.807) is 0 Å². The number of methoxy groups -OCH3 is 2. The molecule has 106 valence electrons. The van der Waals surface area contributed by atoms with Crippen LogP contribution in [0.4, 0.5) is 0 Å². The van der Waals surface area contributed by atoms with Gasteiger partial charge in [-0.1, -0.05) is 0 Å². The molecule has 0 fully saturated rings. The van der Waals surface area contributed by atoms with Crippen LogP contribution in [-0.4, -0.2) is 57.8 Å². The Labute approximate surface area is 113 Å². The van der Waals surface area contributed by atoms with E-state index in [0.717, 1.165) is 0 Å². The monoisotopic (exact) mass is 294 g/mol. The van der Waals surface area contributed by atoms with Crippen molar-refractivity contribution in [3.05, 3.63) is 0 Å². The predicted octanol–water partition coefficient (Wildman–Crippen LogP) is -1.47. The van der Waals surface area contributed by atoms with Crippen LogP contribution in [0.15, 0.2) is 0 Å². The van der Waals surface area contributed by atoms with Crippen molar-refractivity contribution in [3.8, 4) is 0 Å². The average Bonchev–Trinajstić information content (AvgIpc) is 2.22. The topological polar surface area (TPSA) is 108 Å². The number of hydrogen-bond acceptors (Lipinski definition) is 6. The molecule has 0 heterocycles. The van der Waals surface area contributed by atoms with Crippen molar-refractivity contribution in [3.63, 3.8) is 0 Å². The Morgan fingerprint density at radius 1 is 0.882 bits per heavy atom. The Hall–Kier alpha value is -0.600. The summed E-state index contributed by atoms with van der Waals surface area (Å²) in [5.74, 6) is -0.615. The largest absolute Gasteiger partial charge is 0.468 e. The van der Waals surface area contributed by atoms with E-state index in [9.17, 15) is 9.59 Å².